The third-order valence-electron chi connectivity index (χ3n) is 7.49. The molecule has 1 amide bonds. The second-order valence-corrected chi connectivity index (χ2v) is 11.2. The van der Waals surface area contributed by atoms with E-state index in [1.165, 1.54) is 0 Å². The maximum absolute atomic E-state index is 12.9. The second-order valence-electron chi connectivity index (χ2n) is 10.1. The molecule has 0 bridgehead atoms. The van der Waals surface area contributed by atoms with Crippen molar-refractivity contribution in [2.24, 2.45) is 0 Å². The molecule has 0 saturated carbocycles. The largest absolute Gasteiger partial charge is 0.489 e. The standard InChI is InChI=1S/C31H30N4O3S/c1-34-12-14-35(15-13-34)31(36)22-4-2-21(3-5-22)29-19-27-30(39-29)26(8-11-33-27)23-6-7-28(24(18-23)20-32)38-25-9-16-37-17-10-25/h2-8,11,18-19,25H,9-10,12-17H2,1H3. The summed E-state index contributed by atoms with van der Waals surface area (Å²) in [4.78, 5) is 22.8. The molecule has 2 aliphatic rings. The Morgan fingerprint density at radius 1 is 1.03 bits per heavy atom. The highest BCUT2D eigenvalue weighted by Crippen LogP contribution is 2.39. The van der Waals surface area contributed by atoms with Gasteiger partial charge in [-0.15, -0.1) is 11.3 Å². The van der Waals surface area contributed by atoms with Crippen LogP contribution in [0.4, 0.5) is 0 Å². The van der Waals surface area contributed by atoms with Crippen molar-refractivity contribution in [1.29, 1.82) is 5.26 Å². The zero-order chi connectivity index (χ0) is 26.8. The van der Waals surface area contributed by atoms with Crippen LogP contribution in [-0.4, -0.2) is 73.2 Å². The Morgan fingerprint density at radius 2 is 1.77 bits per heavy atom. The molecule has 0 spiro atoms. The van der Waals surface area contributed by atoms with Crippen LogP contribution in [-0.2, 0) is 4.74 Å². The molecule has 6 rings (SSSR count). The summed E-state index contributed by atoms with van der Waals surface area (Å²) >= 11 is 1.67. The predicted molar refractivity (Wildman–Crippen MR) is 153 cm³/mol. The molecule has 0 radical (unpaired) electrons. The molecule has 2 fully saturated rings. The number of carbonyl (C=O) groups excluding carboxylic acids is 1. The number of rotatable bonds is 5. The van der Waals surface area contributed by atoms with Gasteiger partial charge in [0.15, 0.2) is 0 Å². The van der Waals surface area contributed by atoms with Crippen LogP contribution in [0.15, 0.2) is 60.8 Å². The van der Waals surface area contributed by atoms with E-state index in [2.05, 4.69) is 29.1 Å². The molecule has 2 saturated heterocycles. The molecule has 0 aliphatic carbocycles. The van der Waals surface area contributed by atoms with Crippen LogP contribution in [0.1, 0.15) is 28.8 Å². The minimum absolute atomic E-state index is 0.0763. The van der Waals surface area contributed by atoms with Crippen molar-refractivity contribution in [3.63, 3.8) is 0 Å². The number of likely N-dealkylation sites (N-methyl/N-ethyl adjacent to an activating group) is 1. The van der Waals surface area contributed by atoms with E-state index in [0.717, 1.165) is 76.4 Å². The third-order valence-corrected chi connectivity index (χ3v) is 8.70. The van der Waals surface area contributed by atoms with Crippen molar-refractivity contribution >= 4 is 27.5 Å². The first-order valence-corrected chi connectivity index (χ1v) is 14.2. The topological polar surface area (TPSA) is 78.7 Å². The zero-order valence-corrected chi connectivity index (χ0v) is 22.7. The number of pyridine rings is 1. The van der Waals surface area contributed by atoms with Crippen LogP contribution in [0.3, 0.4) is 0 Å². The Morgan fingerprint density at radius 3 is 2.51 bits per heavy atom. The number of nitrogens with zero attached hydrogens (tertiary/aromatic N) is 4. The average Bonchev–Trinajstić information content (AvgIpc) is 3.43. The van der Waals surface area contributed by atoms with Gasteiger partial charge < -0.3 is 19.3 Å². The summed E-state index contributed by atoms with van der Waals surface area (Å²) in [5.41, 5.74) is 5.20. The molecule has 0 N–H and O–H groups in total. The van der Waals surface area contributed by atoms with Gasteiger partial charge in [-0.25, -0.2) is 0 Å². The molecule has 8 heteroatoms. The third kappa shape index (κ3) is 5.39. The molecule has 4 aromatic rings. The van der Waals surface area contributed by atoms with E-state index in [9.17, 15) is 10.1 Å². The first-order chi connectivity index (χ1) is 19.1. The highest BCUT2D eigenvalue weighted by Gasteiger charge is 2.21. The fourth-order valence-corrected chi connectivity index (χ4v) is 6.29. The molecular weight excluding hydrogens is 508 g/mol. The van der Waals surface area contributed by atoms with Gasteiger partial charge >= 0.3 is 0 Å². The highest BCUT2D eigenvalue weighted by molar-refractivity contribution is 7.22. The minimum atomic E-state index is 0.0763. The van der Waals surface area contributed by atoms with E-state index in [0.29, 0.717) is 24.5 Å². The molecule has 2 aromatic carbocycles. The van der Waals surface area contributed by atoms with E-state index in [1.807, 2.05) is 59.6 Å². The quantitative estimate of drug-likeness (QED) is 0.336. The SMILES string of the molecule is CN1CCN(C(=O)c2ccc(-c3cc4nccc(-c5ccc(OC6CCOCC6)c(C#N)c5)c4s3)cc2)CC1. The lowest BCUT2D eigenvalue weighted by Gasteiger charge is -2.32. The summed E-state index contributed by atoms with van der Waals surface area (Å²) in [6.45, 7) is 4.71. The second kappa shape index (κ2) is 11.1. The number of carbonyl (C=O) groups is 1. The van der Waals surface area contributed by atoms with Gasteiger partial charge in [0.05, 0.1) is 29.0 Å². The molecular formula is C31H30N4O3S. The lowest BCUT2D eigenvalue weighted by atomic mass is 10.0. The van der Waals surface area contributed by atoms with Crippen molar-refractivity contribution in [3.05, 3.63) is 71.9 Å². The number of aromatic nitrogens is 1. The maximum atomic E-state index is 12.9. The van der Waals surface area contributed by atoms with E-state index in [1.54, 1.807) is 11.3 Å². The van der Waals surface area contributed by atoms with Gasteiger partial charge in [0, 0.05) is 61.2 Å². The van der Waals surface area contributed by atoms with Crippen molar-refractivity contribution in [1.82, 2.24) is 14.8 Å². The van der Waals surface area contributed by atoms with Crippen LogP contribution in [0.25, 0.3) is 31.8 Å². The molecule has 0 unspecified atom stereocenters. The number of hydrogen-bond donors (Lipinski definition) is 0. The molecule has 39 heavy (non-hydrogen) atoms. The van der Waals surface area contributed by atoms with Gasteiger partial charge in [-0.05, 0) is 54.6 Å². The summed E-state index contributed by atoms with van der Waals surface area (Å²) in [5, 5.41) is 9.85. The van der Waals surface area contributed by atoms with Gasteiger partial charge in [-0.2, -0.15) is 5.26 Å². The van der Waals surface area contributed by atoms with Gasteiger partial charge in [0.25, 0.3) is 5.91 Å². The summed E-state index contributed by atoms with van der Waals surface area (Å²) in [7, 11) is 2.09. The van der Waals surface area contributed by atoms with Crippen LogP contribution in [0, 0.1) is 11.3 Å². The zero-order valence-electron chi connectivity index (χ0n) is 21.9. The van der Waals surface area contributed by atoms with Gasteiger partial charge in [0.1, 0.15) is 17.9 Å². The summed E-state index contributed by atoms with van der Waals surface area (Å²) in [5.74, 6) is 0.712. The smallest absolute Gasteiger partial charge is 0.253 e. The lowest BCUT2D eigenvalue weighted by Crippen LogP contribution is -2.47. The Kier molecular flexibility index (Phi) is 7.29. The number of amides is 1. The highest BCUT2D eigenvalue weighted by atomic mass is 32.1. The summed E-state index contributed by atoms with van der Waals surface area (Å²) < 4.78 is 12.6. The molecule has 2 aromatic heterocycles. The number of nitriles is 1. The Bertz CT molecular complexity index is 1530. The Hall–Kier alpha value is -3.77. The number of piperazine rings is 1. The van der Waals surface area contributed by atoms with Gasteiger partial charge in [-0.3, -0.25) is 9.78 Å². The number of thiophene rings is 1. The minimum Gasteiger partial charge on any atom is -0.489 e. The lowest BCUT2D eigenvalue weighted by molar-refractivity contribution is 0.0254. The monoisotopic (exact) mass is 538 g/mol. The molecule has 198 valence electrons. The van der Waals surface area contributed by atoms with Crippen molar-refractivity contribution in [2.45, 2.75) is 18.9 Å². The van der Waals surface area contributed by atoms with Gasteiger partial charge in [-0.1, -0.05) is 18.2 Å². The first kappa shape index (κ1) is 25.5. The number of benzene rings is 2. The normalized spacial score (nSPS) is 16.8. The van der Waals surface area contributed by atoms with Crippen LogP contribution < -0.4 is 4.74 Å². The molecule has 4 heterocycles. The summed E-state index contributed by atoms with van der Waals surface area (Å²) in [6, 6.07) is 20.1. The van der Waals surface area contributed by atoms with E-state index >= 15 is 0 Å². The number of ether oxygens (including phenoxy) is 2. The van der Waals surface area contributed by atoms with Crippen molar-refractivity contribution in [2.75, 3.05) is 46.4 Å². The average molecular weight is 539 g/mol. The first-order valence-electron chi connectivity index (χ1n) is 13.3. The Labute approximate surface area is 232 Å². The van der Waals surface area contributed by atoms with Crippen molar-refractivity contribution < 1.29 is 14.3 Å². The molecule has 7 nitrogen and oxygen atoms in total. The molecule has 2 aliphatic heterocycles. The van der Waals surface area contributed by atoms with Crippen LogP contribution >= 0.6 is 11.3 Å². The Balaban J connectivity index is 1.25. The number of fused-ring (bicyclic) bond motifs is 1. The van der Waals surface area contributed by atoms with Crippen LogP contribution in [0.5, 0.6) is 5.75 Å². The van der Waals surface area contributed by atoms with E-state index in [4.69, 9.17) is 9.47 Å². The van der Waals surface area contributed by atoms with Gasteiger partial charge in [0.2, 0.25) is 0 Å². The fraction of sp³-hybridized carbons (Fsp3) is 0.323. The fourth-order valence-electron chi connectivity index (χ4n) is 5.14. The van der Waals surface area contributed by atoms with Crippen LogP contribution in [0.2, 0.25) is 0 Å². The predicted octanol–water partition coefficient (Wildman–Crippen LogP) is 5.45. The maximum Gasteiger partial charge on any atom is 0.253 e. The van der Waals surface area contributed by atoms with Crippen molar-refractivity contribution in [3.8, 4) is 33.4 Å². The molecule has 0 atom stereocenters. The van der Waals surface area contributed by atoms with E-state index < -0.39 is 0 Å². The number of hydrogen-bond acceptors (Lipinski definition) is 7. The van der Waals surface area contributed by atoms with E-state index in [-0.39, 0.29) is 12.0 Å². The summed E-state index contributed by atoms with van der Waals surface area (Å²) in [6.07, 6.45) is 3.55.